The molecule has 0 atom stereocenters. The number of halogens is 2. The van der Waals surface area contributed by atoms with Crippen molar-refractivity contribution in [2.24, 2.45) is 0 Å². The van der Waals surface area contributed by atoms with Gasteiger partial charge in [0.25, 0.3) is 0 Å². The number of nitrogens with zero attached hydrogens (tertiary/aromatic N) is 2. The maximum Gasteiger partial charge on any atom is 0.223 e. The van der Waals surface area contributed by atoms with E-state index < -0.39 is 0 Å². The van der Waals surface area contributed by atoms with Crippen LogP contribution >= 0.6 is 23.4 Å². The van der Waals surface area contributed by atoms with Crippen molar-refractivity contribution in [2.75, 3.05) is 5.73 Å². The predicted octanol–water partition coefficient (Wildman–Crippen LogP) is 3.31. The normalized spacial score (nSPS) is 10.5. The molecule has 0 aliphatic rings. The molecule has 0 bridgehead atoms. The summed E-state index contributed by atoms with van der Waals surface area (Å²) >= 11 is 6.88. The van der Waals surface area contributed by atoms with Gasteiger partial charge in [0, 0.05) is 4.90 Å². The maximum atomic E-state index is 13.5. The highest BCUT2D eigenvalue weighted by Gasteiger charge is 2.11. The van der Waals surface area contributed by atoms with Crippen LogP contribution in [-0.2, 0) is 0 Å². The highest BCUT2D eigenvalue weighted by atomic mass is 35.5. The number of rotatable bonds is 2. The van der Waals surface area contributed by atoms with E-state index in [-0.39, 0.29) is 11.1 Å². The van der Waals surface area contributed by atoms with Crippen molar-refractivity contribution in [2.45, 2.75) is 16.8 Å². The first-order valence-corrected chi connectivity index (χ1v) is 5.99. The van der Waals surface area contributed by atoms with Gasteiger partial charge in [-0.25, -0.2) is 14.4 Å². The van der Waals surface area contributed by atoms with Crippen LogP contribution in [0.5, 0.6) is 0 Å². The second kappa shape index (κ2) is 4.89. The van der Waals surface area contributed by atoms with E-state index in [9.17, 15) is 4.39 Å². The first kappa shape index (κ1) is 12.1. The molecule has 17 heavy (non-hydrogen) atoms. The molecule has 2 aromatic rings. The zero-order valence-corrected chi connectivity index (χ0v) is 10.5. The van der Waals surface area contributed by atoms with Crippen LogP contribution in [0.25, 0.3) is 0 Å². The third-order valence-corrected chi connectivity index (χ3v) is 3.34. The van der Waals surface area contributed by atoms with Gasteiger partial charge in [0.15, 0.2) is 0 Å². The Morgan fingerprint density at radius 1 is 1.29 bits per heavy atom. The van der Waals surface area contributed by atoms with E-state index in [1.807, 2.05) is 0 Å². The van der Waals surface area contributed by atoms with Crippen LogP contribution in [0.15, 0.2) is 34.2 Å². The van der Waals surface area contributed by atoms with Crippen LogP contribution in [0.2, 0.25) is 5.28 Å². The van der Waals surface area contributed by atoms with Crippen molar-refractivity contribution < 1.29 is 4.39 Å². The Hall–Kier alpha value is -1.33. The lowest BCUT2D eigenvalue weighted by Crippen LogP contribution is -1.99. The number of anilines is 1. The molecule has 1 aromatic heterocycles. The highest BCUT2D eigenvalue weighted by Crippen LogP contribution is 2.33. The van der Waals surface area contributed by atoms with Crippen molar-refractivity contribution in [3.05, 3.63) is 41.1 Å². The van der Waals surface area contributed by atoms with E-state index in [1.165, 1.54) is 6.07 Å². The molecule has 0 aliphatic carbocycles. The van der Waals surface area contributed by atoms with E-state index in [0.29, 0.717) is 21.3 Å². The lowest BCUT2D eigenvalue weighted by Gasteiger charge is -2.07. The van der Waals surface area contributed by atoms with Crippen molar-refractivity contribution in [1.82, 2.24) is 9.97 Å². The fraction of sp³-hybridized carbons (Fsp3) is 0.0909. The second-order valence-corrected chi connectivity index (χ2v) is 4.70. The Labute approximate surface area is 107 Å². The number of aromatic nitrogens is 2. The summed E-state index contributed by atoms with van der Waals surface area (Å²) in [6.07, 6.45) is 0. The fourth-order valence-corrected chi connectivity index (χ4v) is 2.40. The lowest BCUT2D eigenvalue weighted by atomic mass is 10.3. The Kier molecular flexibility index (Phi) is 3.49. The molecule has 1 aromatic carbocycles. The lowest BCUT2D eigenvalue weighted by molar-refractivity contribution is 0.602. The van der Waals surface area contributed by atoms with Gasteiger partial charge in [-0.05, 0) is 30.7 Å². The SMILES string of the molecule is Cc1nc(Cl)nc(Sc2ccccc2F)c1N. The van der Waals surface area contributed by atoms with Gasteiger partial charge in [0.1, 0.15) is 10.8 Å². The van der Waals surface area contributed by atoms with Gasteiger partial charge in [0.05, 0.1) is 11.4 Å². The topological polar surface area (TPSA) is 51.8 Å². The predicted molar refractivity (Wildman–Crippen MR) is 66.7 cm³/mol. The summed E-state index contributed by atoms with van der Waals surface area (Å²) in [6.45, 7) is 1.73. The standard InChI is InChI=1S/C11H9ClFN3S/c1-6-9(14)10(16-11(12)15-6)17-8-5-3-2-4-7(8)13/h2-5H,14H2,1H3. The van der Waals surface area contributed by atoms with E-state index in [2.05, 4.69) is 9.97 Å². The quantitative estimate of drug-likeness (QED) is 0.671. The Balaban J connectivity index is 2.40. The van der Waals surface area contributed by atoms with Crippen LogP contribution in [0.3, 0.4) is 0 Å². The molecule has 0 fully saturated rings. The summed E-state index contributed by atoms with van der Waals surface area (Å²) in [5, 5.41) is 0.572. The number of benzene rings is 1. The molecular weight excluding hydrogens is 261 g/mol. The van der Waals surface area contributed by atoms with Crippen LogP contribution in [-0.4, -0.2) is 9.97 Å². The van der Waals surface area contributed by atoms with Gasteiger partial charge in [-0.15, -0.1) is 0 Å². The average molecular weight is 270 g/mol. The third-order valence-electron chi connectivity index (χ3n) is 2.12. The molecule has 0 saturated heterocycles. The number of hydrogen-bond acceptors (Lipinski definition) is 4. The van der Waals surface area contributed by atoms with Crippen LogP contribution in [0, 0.1) is 12.7 Å². The molecule has 88 valence electrons. The molecule has 2 rings (SSSR count). The second-order valence-electron chi connectivity index (χ2n) is 3.33. The molecule has 0 radical (unpaired) electrons. The molecule has 1 heterocycles. The summed E-state index contributed by atoms with van der Waals surface area (Å²) < 4.78 is 13.5. The maximum absolute atomic E-state index is 13.5. The molecule has 3 nitrogen and oxygen atoms in total. The summed E-state index contributed by atoms with van der Waals surface area (Å²) in [7, 11) is 0. The van der Waals surface area contributed by atoms with Crippen molar-refractivity contribution >= 4 is 29.1 Å². The van der Waals surface area contributed by atoms with Crippen LogP contribution < -0.4 is 5.73 Å². The minimum Gasteiger partial charge on any atom is -0.395 e. The first-order chi connectivity index (χ1) is 8.08. The Bertz CT molecular complexity index is 562. The van der Waals surface area contributed by atoms with Gasteiger partial charge in [-0.3, -0.25) is 0 Å². The Morgan fingerprint density at radius 2 is 2.00 bits per heavy atom. The zero-order valence-electron chi connectivity index (χ0n) is 8.95. The van der Waals surface area contributed by atoms with Crippen molar-refractivity contribution in [3.63, 3.8) is 0 Å². The van der Waals surface area contributed by atoms with Gasteiger partial charge in [0.2, 0.25) is 5.28 Å². The highest BCUT2D eigenvalue weighted by molar-refractivity contribution is 7.99. The number of aryl methyl sites for hydroxylation is 1. The zero-order chi connectivity index (χ0) is 12.4. The van der Waals surface area contributed by atoms with Gasteiger partial charge >= 0.3 is 0 Å². The molecule has 0 amide bonds. The summed E-state index contributed by atoms with van der Waals surface area (Å²) in [4.78, 5) is 8.37. The van der Waals surface area contributed by atoms with Gasteiger partial charge < -0.3 is 5.73 Å². The van der Waals surface area contributed by atoms with Crippen LogP contribution in [0.4, 0.5) is 10.1 Å². The van der Waals surface area contributed by atoms with E-state index in [4.69, 9.17) is 17.3 Å². The molecule has 0 spiro atoms. The first-order valence-electron chi connectivity index (χ1n) is 4.80. The smallest absolute Gasteiger partial charge is 0.223 e. The molecule has 6 heteroatoms. The number of nitrogens with two attached hydrogens (primary N) is 1. The van der Waals surface area contributed by atoms with Crippen molar-refractivity contribution in [1.29, 1.82) is 0 Å². The summed E-state index contributed by atoms with van der Waals surface area (Å²) in [6, 6.07) is 6.41. The van der Waals surface area contributed by atoms with E-state index in [0.717, 1.165) is 11.8 Å². The Morgan fingerprint density at radius 3 is 2.71 bits per heavy atom. The monoisotopic (exact) mass is 269 g/mol. The minimum absolute atomic E-state index is 0.107. The molecule has 2 N–H and O–H groups in total. The van der Waals surface area contributed by atoms with E-state index in [1.54, 1.807) is 25.1 Å². The molecular formula is C11H9ClFN3S. The summed E-state index contributed by atoms with van der Waals surface area (Å²) in [5.74, 6) is -0.315. The molecule has 0 saturated carbocycles. The van der Waals surface area contributed by atoms with Gasteiger partial charge in [-0.2, -0.15) is 0 Å². The van der Waals surface area contributed by atoms with Crippen LogP contribution in [0.1, 0.15) is 5.69 Å². The van der Waals surface area contributed by atoms with E-state index >= 15 is 0 Å². The number of hydrogen-bond donors (Lipinski definition) is 1. The minimum atomic E-state index is -0.315. The molecule has 0 aliphatic heterocycles. The largest absolute Gasteiger partial charge is 0.395 e. The summed E-state index contributed by atoms with van der Waals surface area (Å²) in [5.41, 5.74) is 6.83. The average Bonchev–Trinajstić information content (AvgIpc) is 2.28. The van der Waals surface area contributed by atoms with Crippen molar-refractivity contribution in [3.8, 4) is 0 Å². The van der Waals surface area contributed by atoms with Gasteiger partial charge in [-0.1, -0.05) is 23.9 Å². The third kappa shape index (κ3) is 2.68. The fourth-order valence-electron chi connectivity index (χ4n) is 1.23. The molecule has 0 unspecified atom stereocenters. The number of nitrogen functional groups attached to an aromatic ring is 1.